The van der Waals surface area contributed by atoms with Gasteiger partial charge in [0.1, 0.15) is 0 Å². The molecule has 1 fully saturated rings. The molecule has 1 atom stereocenters. The van der Waals surface area contributed by atoms with Gasteiger partial charge in [0.2, 0.25) is 11.8 Å². The van der Waals surface area contributed by atoms with E-state index >= 15 is 0 Å². The minimum absolute atomic E-state index is 0.00807. The predicted octanol–water partition coefficient (Wildman–Crippen LogP) is 1.12. The van der Waals surface area contributed by atoms with Crippen LogP contribution in [-0.4, -0.2) is 45.1 Å². The van der Waals surface area contributed by atoms with Crippen molar-refractivity contribution in [3.63, 3.8) is 0 Å². The molecule has 0 unspecified atom stereocenters. The summed E-state index contributed by atoms with van der Waals surface area (Å²) in [6.07, 6.45) is 5.93. The number of hydrogen-bond acceptors (Lipinski definition) is 3. The van der Waals surface area contributed by atoms with Crippen molar-refractivity contribution >= 4 is 11.8 Å². The quantitative estimate of drug-likeness (QED) is 0.829. The van der Waals surface area contributed by atoms with Crippen molar-refractivity contribution in [2.75, 3.05) is 13.1 Å². The summed E-state index contributed by atoms with van der Waals surface area (Å²) in [4.78, 5) is 26.0. The molecule has 2 amide bonds. The molecule has 0 saturated carbocycles. The van der Waals surface area contributed by atoms with Crippen molar-refractivity contribution in [2.45, 2.75) is 45.6 Å². The second kappa shape index (κ2) is 6.50. The van der Waals surface area contributed by atoms with Gasteiger partial charge in [0.15, 0.2) is 0 Å². The molecule has 22 heavy (non-hydrogen) atoms. The third-order valence-electron chi connectivity index (χ3n) is 4.01. The molecule has 1 aromatic heterocycles. The van der Waals surface area contributed by atoms with Gasteiger partial charge in [-0.2, -0.15) is 5.10 Å². The molecule has 0 bridgehead atoms. The van der Waals surface area contributed by atoms with Crippen LogP contribution in [0.4, 0.5) is 0 Å². The van der Waals surface area contributed by atoms with Crippen molar-refractivity contribution in [3.05, 3.63) is 18.0 Å². The average molecular weight is 306 g/mol. The lowest BCUT2D eigenvalue weighted by Gasteiger charge is -2.31. The zero-order valence-electron chi connectivity index (χ0n) is 13.9. The predicted molar refractivity (Wildman–Crippen MR) is 84.1 cm³/mol. The van der Waals surface area contributed by atoms with E-state index in [2.05, 4.69) is 10.4 Å². The lowest BCUT2D eigenvalue weighted by Crippen LogP contribution is -2.43. The van der Waals surface area contributed by atoms with Crippen molar-refractivity contribution in [1.82, 2.24) is 20.0 Å². The minimum atomic E-state index is -0.217. The summed E-state index contributed by atoms with van der Waals surface area (Å²) in [5.41, 5.74) is 0.957. The van der Waals surface area contributed by atoms with E-state index in [4.69, 9.17) is 0 Å². The summed E-state index contributed by atoms with van der Waals surface area (Å²) in [5.74, 6) is -0.153. The van der Waals surface area contributed by atoms with Crippen LogP contribution in [0.3, 0.4) is 0 Å². The molecule has 0 aromatic carbocycles. The molecule has 0 aliphatic carbocycles. The number of amides is 2. The molecule has 2 rings (SSSR count). The number of nitrogens with one attached hydrogen (secondary N) is 1. The topological polar surface area (TPSA) is 67.2 Å². The van der Waals surface area contributed by atoms with Gasteiger partial charge in [-0.05, 0) is 39.2 Å². The Morgan fingerprint density at radius 3 is 2.73 bits per heavy atom. The third kappa shape index (κ3) is 4.08. The van der Waals surface area contributed by atoms with Crippen LogP contribution in [0.2, 0.25) is 0 Å². The molecule has 1 aliphatic heterocycles. The lowest BCUT2D eigenvalue weighted by atomic mass is 10.1. The monoisotopic (exact) mass is 306 g/mol. The summed E-state index contributed by atoms with van der Waals surface area (Å²) >= 11 is 0. The van der Waals surface area contributed by atoms with E-state index in [9.17, 15) is 9.59 Å². The van der Waals surface area contributed by atoms with Crippen molar-refractivity contribution in [2.24, 2.45) is 13.0 Å². The summed E-state index contributed by atoms with van der Waals surface area (Å²) in [6.45, 7) is 7.15. The molecule has 1 N–H and O–H groups in total. The van der Waals surface area contributed by atoms with Crippen LogP contribution in [0.1, 0.15) is 39.2 Å². The van der Waals surface area contributed by atoms with Crippen molar-refractivity contribution in [1.29, 1.82) is 0 Å². The van der Waals surface area contributed by atoms with E-state index < -0.39 is 0 Å². The van der Waals surface area contributed by atoms with E-state index in [1.807, 2.05) is 40.2 Å². The van der Waals surface area contributed by atoms with Gasteiger partial charge < -0.3 is 10.2 Å². The normalized spacial score (nSPS) is 18.8. The molecular weight excluding hydrogens is 280 g/mol. The smallest absolute Gasteiger partial charge is 0.225 e. The summed E-state index contributed by atoms with van der Waals surface area (Å²) in [5, 5.41) is 7.07. The molecule has 0 radical (unpaired) electrons. The Morgan fingerprint density at radius 1 is 1.45 bits per heavy atom. The van der Waals surface area contributed by atoms with Gasteiger partial charge in [0.25, 0.3) is 0 Å². The van der Waals surface area contributed by atoms with Gasteiger partial charge in [0.05, 0.1) is 12.1 Å². The van der Waals surface area contributed by atoms with E-state index in [1.165, 1.54) is 5.56 Å². The second-order valence-electron chi connectivity index (χ2n) is 6.99. The van der Waals surface area contributed by atoms with E-state index in [0.717, 1.165) is 12.8 Å². The highest BCUT2D eigenvalue weighted by Crippen LogP contribution is 2.25. The fourth-order valence-corrected chi connectivity index (χ4v) is 2.78. The fourth-order valence-electron chi connectivity index (χ4n) is 2.78. The summed E-state index contributed by atoms with van der Waals surface area (Å²) < 4.78 is 1.78. The molecule has 1 aromatic rings. The third-order valence-corrected chi connectivity index (χ3v) is 4.01. The number of carbonyl (C=O) groups is 2. The Morgan fingerprint density at radius 2 is 2.18 bits per heavy atom. The standard InChI is InChI=1S/C16H26N4O2/c1-16(2,3)20-11-13(8-14(20)21)15(22)17-7-5-6-12-9-18-19(4)10-12/h9-10,13H,5-8,11H2,1-4H3,(H,17,22)/t13-/m0/s1. The van der Waals surface area contributed by atoms with E-state index in [-0.39, 0.29) is 23.3 Å². The molecule has 0 spiro atoms. The molecule has 6 nitrogen and oxygen atoms in total. The summed E-state index contributed by atoms with van der Waals surface area (Å²) in [6, 6.07) is 0. The van der Waals surface area contributed by atoms with Crippen LogP contribution in [-0.2, 0) is 23.1 Å². The van der Waals surface area contributed by atoms with Crippen molar-refractivity contribution < 1.29 is 9.59 Å². The van der Waals surface area contributed by atoms with Crippen LogP contribution < -0.4 is 5.32 Å². The number of aromatic nitrogens is 2. The van der Waals surface area contributed by atoms with Gasteiger partial charge in [-0.1, -0.05) is 0 Å². The highest BCUT2D eigenvalue weighted by atomic mass is 16.2. The van der Waals surface area contributed by atoms with Crippen molar-refractivity contribution in [3.8, 4) is 0 Å². The fraction of sp³-hybridized carbons (Fsp3) is 0.688. The van der Waals surface area contributed by atoms with E-state index in [1.54, 1.807) is 9.58 Å². The maximum atomic E-state index is 12.2. The Labute approximate surface area is 131 Å². The van der Waals surface area contributed by atoms with Gasteiger partial charge in [0, 0.05) is 38.3 Å². The highest BCUT2D eigenvalue weighted by Gasteiger charge is 2.39. The highest BCUT2D eigenvalue weighted by molar-refractivity contribution is 5.89. The number of carbonyl (C=O) groups excluding carboxylic acids is 2. The first-order valence-corrected chi connectivity index (χ1v) is 7.83. The number of rotatable bonds is 5. The first kappa shape index (κ1) is 16.5. The first-order chi connectivity index (χ1) is 10.3. The Balaban J connectivity index is 1.73. The van der Waals surface area contributed by atoms with Gasteiger partial charge in [-0.3, -0.25) is 14.3 Å². The number of hydrogen-bond donors (Lipinski definition) is 1. The Kier molecular flexibility index (Phi) is 4.88. The van der Waals surface area contributed by atoms with E-state index in [0.29, 0.717) is 19.5 Å². The van der Waals surface area contributed by atoms with Gasteiger partial charge in [-0.15, -0.1) is 0 Å². The van der Waals surface area contributed by atoms with Crippen LogP contribution in [0.15, 0.2) is 12.4 Å². The molecule has 6 heteroatoms. The summed E-state index contributed by atoms with van der Waals surface area (Å²) in [7, 11) is 1.89. The Bertz CT molecular complexity index is 545. The zero-order valence-corrected chi connectivity index (χ0v) is 13.9. The molecular formula is C16H26N4O2. The lowest BCUT2D eigenvalue weighted by molar-refractivity contribution is -0.132. The van der Waals surface area contributed by atoms with Gasteiger partial charge >= 0.3 is 0 Å². The number of nitrogens with zero attached hydrogens (tertiary/aromatic N) is 3. The maximum Gasteiger partial charge on any atom is 0.225 e. The largest absolute Gasteiger partial charge is 0.356 e. The molecule has 122 valence electrons. The maximum absolute atomic E-state index is 12.2. The van der Waals surface area contributed by atoms with Crippen LogP contribution >= 0.6 is 0 Å². The minimum Gasteiger partial charge on any atom is -0.356 e. The Hall–Kier alpha value is -1.85. The van der Waals surface area contributed by atoms with Crippen LogP contribution in [0.5, 0.6) is 0 Å². The van der Waals surface area contributed by atoms with Gasteiger partial charge in [-0.25, -0.2) is 0 Å². The number of aryl methyl sites for hydroxylation is 2. The first-order valence-electron chi connectivity index (χ1n) is 7.83. The molecule has 1 aliphatic rings. The molecule has 2 heterocycles. The second-order valence-corrected chi connectivity index (χ2v) is 6.99. The zero-order chi connectivity index (χ0) is 16.3. The molecule has 1 saturated heterocycles. The van der Waals surface area contributed by atoms with Crippen LogP contribution in [0, 0.1) is 5.92 Å². The van der Waals surface area contributed by atoms with Crippen LogP contribution in [0.25, 0.3) is 0 Å². The average Bonchev–Trinajstić information content (AvgIpc) is 3.00. The number of likely N-dealkylation sites (tertiary alicyclic amines) is 1. The SMILES string of the molecule is Cn1cc(CCCNC(=O)[C@H]2CC(=O)N(C(C)(C)C)C2)cn1.